The third-order valence-electron chi connectivity index (χ3n) is 3.53. The van der Waals surface area contributed by atoms with Gasteiger partial charge in [0.15, 0.2) is 0 Å². The molecule has 2 amide bonds. The molecular formula is C19H15F2N3O. The molecule has 25 heavy (non-hydrogen) atoms. The van der Waals surface area contributed by atoms with Crippen LogP contribution in [-0.4, -0.2) is 11.0 Å². The first-order valence-electron chi connectivity index (χ1n) is 7.63. The molecular weight excluding hydrogens is 324 g/mol. The maximum absolute atomic E-state index is 13.5. The number of halogens is 2. The standard InChI is InChI=1S/C19H15F2N3O/c20-15-10-8-13(9-11-15)17-6-3-7-18(23-17)24-19(25)22-12-14-4-1-2-5-16(14)21/h1-11H,12H2,(H2,22,23,24,25). The van der Waals surface area contributed by atoms with Crippen molar-refractivity contribution >= 4 is 11.8 Å². The number of carbonyl (C=O) groups excluding carboxylic acids is 1. The van der Waals surface area contributed by atoms with Gasteiger partial charge < -0.3 is 5.32 Å². The zero-order chi connectivity index (χ0) is 17.6. The van der Waals surface area contributed by atoms with Crippen molar-refractivity contribution in [2.24, 2.45) is 0 Å². The van der Waals surface area contributed by atoms with E-state index in [1.165, 1.54) is 18.2 Å². The van der Waals surface area contributed by atoms with E-state index in [2.05, 4.69) is 15.6 Å². The van der Waals surface area contributed by atoms with Gasteiger partial charge in [-0.15, -0.1) is 0 Å². The van der Waals surface area contributed by atoms with Gasteiger partial charge in [0.1, 0.15) is 17.5 Å². The second-order valence-electron chi connectivity index (χ2n) is 5.31. The Morgan fingerprint density at radius 1 is 0.920 bits per heavy atom. The Bertz CT molecular complexity index is 882. The van der Waals surface area contributed by atoms with E-state index in [-0.39, 0.29) is 18.2 Å². The molecule has 3 aromatic rings. The second kappa shape index (κ2) is 7.53. The lowest BCUT2D eigenvalue weighted by molar-refractivity contribution is 0.251. The number of hydrogen-bond donors (Lipinski definition) is 2. The molecule has 3 rings (SSSR count). The molecule has 0 aliphatic rings. The Morgan fingerprint density at radius 3 is 2.44 bits per heavy atom. The molecule has 0 saturated carbocycles. The zero-order valence-corrected chi connectivity index (χ0v) is 13.2. The molecule has 0 radical (unpaired) electrons. The van der Waals surface area contributed by atoms with E-state index in [4.69, 9.17) is 0 Å². The highest BCUT2D eigenvalue weighted by molar-refractivity contribution is 5.88. The van der Waals surface area contributed by atoms with Crippen LogP contribution in [0.4, 0.5) is 19.4 Å². The minimum absolute atomic E-state index is 0.0656. The number of rotatable bonds is 4. The van der Waals surface area contributed by atoms with Crippen LogP contribution in [-0.2, 0) is 6.54 Å². The summed E-state index contributed by atoms with van der Waals surface area (Å²) in [5.41, 5.74) is 1.73. The maximum Gasteiger partial charge on any atom is 0.320 e. The first-order valence-corrected chi connectivity index (χ1v) is 7.63. The first-order chi connectivity index (χ1) is 12.1. The van der Waals surface area contributed by atoms with Gasteiger partial charge in [0, 0.05) is 17.7 Å². The molecule has 6 heteroatoms. The number of anilines is 1. The maximum atomic E-state index is 13.5. The number of aromatic nitrogens is 1. The number of urea groups is 1. The summed E-state index contributed by atoms with van der Waals surface area (Å²) in [6, 6.07) is 16.8. The number of carbonyl (C=O) groups is 1. The predicted molar refractivity (Wildman–Crippen MR) is 91.9 cm³/mol. The fraction of sp³-hybridized carbons (Fsp3) is 0.0526. The average molecular weight is 339 g/mol. The molecule has 2 aromatic carbocycles. The number of benzene rings is 2. The van der Waals surface area contributed by atoms with Crippen molar-refractivity contribution in [3.63, 3.8) is 0 Å². The average Bonchev–Trinajstić information content (AvgIpc) is 2.62. The van der Waals surface area contributed by atoms with Gasteiger partial charge in [0.25, 0.3) is 0 Å². The molecule has 0 fully saturated rings. The van der Waals surface area contributed by atoms with Gasteiger partial charge in [0.2, 0.25) is 0 Å². The van der Waals surface area contributed by atoms with Crippen molar-refractivity contribution in [3.05, 3.63) is 83.9 Å². The van der Waals surface area contributed by atoms with Crippen LogP contribution in [0.3, 0.4) is 0 Å². The van der Waals surface area contributed by atoms with Gasteiger partial charge in [-0.25, -0.2) is 18.6 Å². The lowest BCUT2D eigenvalue weighted by atomic mass is 10.1. The molecule has 0 unspecified atom stereocenters. The van der Waals surface area contributed by atoms with Crippen LogP contribution >= 0.6 is 0 Å². The van der Waals surface area contributed by atoms with Crippen LogP contribution in [0.5, 0.6) is 0 Å². The van der Waals surface area contributed by atoms with Crippen molar-refractivity contribution in [1.29, 1.82) is 0 Å². The molecule has 1 heterocycles. The summed E-state index contributed by atoms with van der Waals surface area (Å²) in [5.74, 6) is -0.363. The monoisotopic (exact) mass is 339 g/mol. The van der Waals surface area contributed by atoms with Gasteiger partial charge in [-0.05, 0) is 42.5 Å². The van der Waals surface area contributed by atoms with E-state index >= 15 is 0 Å². The van der Waals surface area contributed by atoms with E-state index in [1.807, 2.05) is 0 Å². The van der Waals surface area contributed by atoms with Crippen LogP contribution in [0.2, 0.25) is 0 Å². The highest BCUT2D eigenvalue weighted by atomic mass is 19.1. The molecule has 0 aliphatic heterocycles. The molecule has 4 nitrogen and oxygen atoms in total. The number of pyridine rings is 1. The summed E-state index contributed by atoms with van der Waals surface area (Å²) in [5, 5.41) is 5.17. The number of hydrogen-bond acceptors (Lipinski definition) is 2. The lowest BCUT2D eigenvalue weighted by Gasteiger charge is -2.09. The van der Waals surface area contributed by atoms with Crippen LogP contribution in [0.25, 0.3) is 11.3 Å². The van der Waals surface area contributed by atoms with Crippen LogP contribution in [0.15, 0.2) is 66.7 Å². The predicted octanol–water partition coefficient (Wildman–Crippen LogP) is 4.35. The zero-order valence-electron chi connectivity index (χ0n) is 13.2. The van der Waals surface area contributed by atoms with Gasteiger partial charge in [0.05, 0.1) is 5.69 Å². The number of nitrogens with one attached hydrogen (secondary N) is 2. The molecule has 0 atom stereocenters. The summed E-state index contributed by atoms with van der Waals surface area (Å²) >= 11 is 0. The van der Waals surface area contributed by atoms with Crippen LogP contribution in [0, 0.1) is 11.6 Å². The molecule has 0 aliphatic carbocycles. The topological polar surface area (TPSA) is 54.0 Å². The van der Waals surface area contributed by atoms with Crippen LogP contribution < -0.4 is 10.6 Å². The third kappa shape index (κ3) is 4.38. The van der Waals surface area contributed by atoms with E-state index in [9.17, 15) is 13.6 Å². The normalized spacial score (nSPS) is 10.3. The third-order valence-corrected chi connectivity index (χ3v) is 3.53. The summed E-state index contributed by atoms with van der Waals surface area (Å²) in [6.07, 6.45) is 0. The van der Waals surface area contributed by atoms with Gasteiger partial charge >= 0.3 is 6.03 Å². The largest absolute Gasteiger partial charge is 0.334 e. The van der Waals surface area contributed by atoms with Crippen molar-refractivity contribution in [3.8, 4) is 11.3 Å². The van der Waals surface area contributed by atoms with E-state index in [0.717, 1.165) is 5.56 Å². The lowest BCUT2D eigenvalue weighted by Crippen LogP contribution is -2.28. The van der Waals surface area contributed by atoms with E-state index < -0.39 is 6.03 Å². The first kappa shape index (κ1) is 16.6. The Kier molecular flexibility index (Phi) is 4.99. The Morgan fingerprint density at radius 2 is 1.68 bits per heavy atom. The smallest absolute Gasteiger partial charge is 0.320 e. The fourth-order valence-corrected chi connectivity index (χ4v) is 2.26. The molecule has 126 valence electrons. The molecule has 2 N–H and O–H groups in total. The Hall–Kier alpha value is -3.28. The molecule has 0 spiro atoms. The van der Waals surface area contributed by atoms with Crippen molar-refractivity contribution in [2.75, 3.05) is 5.32 Å². The number of amides is 2. The Balaban J connectivity index is 1.64. The summed E-state index contributed by atoms with van der Waals surface area (Å²) < 4.78 is 26.5. The minimum atomic E-state index is -0.494. The van der Waals surface area contributed by atoms with Gasteiger partial charge in [-0.2, -0.15) is 0 Å². The van der Waals surface area contributed by atoms with E-state index in [0.29, 0.717) is 17.1 Å². The summed E-state index contributed by atoms with van der Waals surface area (Å²) in [4.78, 5) is 16.3. The highest BCUT2D eigenvalue weighted by Crippen LogP contribution is 2.19. The molecule has 0 saturated heterocycles. The summed E-state index contributed by atoms with van der Waals surface area (Å²) in [6.45, 7) is 0.0656. The second-order valence-corrected chi connectivity index (χ2v) is 5.31. The van der Waals surface area contributed by atoms with Crippen LogP contribution in [0.1, 0.15) is 5.56 Å². The van der Waals surface area contributed by atoms with Crippen molar-refractivity contribution < 1.29 is 13.6 Å². The van der Waals surface area contributed by atoms with Crippen molar-refractivity contribution in [2.45, 2.75) is 6.54 Å². The van der Waals surface area contributed by atoms with Gasteiger partial charge in [-0.3, -0.25) is 5.32 Å². The Labute approximate surface area is 143 Å². The SMILES string of the molecule is O=C(NCc1ccccc1F)Nc1cccc(-c2ccc(F)cc2)n1. The number of nitrogens with zero attached hydrogens (tertiary/aromatic N) is 1. The fourth-order valence-electron chi connectivity index (χ4n) is 2.26. The molecule has 1 aromatic heterocycles. The van der Waals surface area contributed by atoms with E-state index in [1.54, 1.807) is 48.5 Å². The minimum Gasteiger partial charge on any atom is -0.334 e. The van der Waals surface area contributed by atoms with Gasteiger partial charge in [-0.1, -0.05) is 24.3 Å². The van der Waals surface area contributed by atoms with Crippen molar-refractivity contribution in [1.82, 2.24) is 10.3 Å². The highest BCUT2D eigenvalue weighted by Gasteiger charge is 2.07. The quantitative estimate of drug-likeness (QED) is 0.742. The molecule has 0 bridgehead atoms. The summed E-state index contributed by atoms with van der Waals surface area (Å²) in [7, 11) is 0.